The smallest absolute Gasteiger partial charge is 0.221 e. The predicted octanol–water partition coefficient (Wildman–Crippen LogP) is 0.982. The number of hydrazone groups is 1. The van der Waals surface area contributed by atoms with Crippen molar-refractivity contribution in [1.29, 1.82) is 0 Å². The molecule has 9 nitrogen and oxygen atoms in total. The van der Waals surface area contributed by atoms with E-state index in [1.54, 1.807) is 9.36 Å². The van der Waals surface area contributed by atoms with E-state index in [0.717, 1.165) is 11.3 Å². The van der Waals surface area contributed by atoms with Gasteiger partial charge in [0.25, 0.3) is 0 Å². The number of hydrogen-bond acceptors (Lipinski definition) is 7. The zero-order valence-electron chi connectivity index (χ0n) is 13.9. The van der Waals surface area contributed by atoms with Gasteiger partial charge in [-0.05, 0) is 53.9 Å². The van der Waals surface area contributed by atoms with Crippen LogP contribution in [-0.4, -0.2) is 49.6 Å². The van der Waals surface area contributed by atoms with Gasteiger partial charge in [-0.2, -0.15) is 9.78 Å². The topological polar surface area (TPSA) is 105 Å². The molecule has 3 N–H and O–H groups in total. The highest BCUT2D eigenvalue weighted by molar-refractivity contribution is 7.80. The van der Waals surface area contributed by atoms with Crippen molar-refractivity contribution >= 4 is 35.3 Å². The average molecular weight is 391 g/mol. The number of nitrogens with two attached hydrogens (primary N) is 1. The maximum absolute atomic E-state index is 5.87. The first-order valence-electron chi connectivity index (χ1n) is 8.03. The van der Waals surface area contributed by atoms with Crippen molar-refractivity contribution in [1.82, 2.24) is 25.2 Å². The molecule has 2 bridgehead atoms. The maximum atomic E-state index is 5.87. The molecule has 26 heavy (non-hydrogen) atoms. The fourth-order valence-electron chi connectivity index (χ4n) is 3.02. The molecule has 1 aromatic heterocycles. The molecular formula is C15H17N7O2S2. The Kier molecular flexibility index (Phi) is 4.53. The van der Waals surface area contributed by atoms with Crippen LogP contribution in [0.2, 0.25) is 0 Å². The SMILES string of the molecule is Cc1ccc(-n2nnn([C@@H]3CC(=NNC(N)=S)[C@H]4OC[C@@H]3O4)c2=S)cc1. The normalized spacial score (nSPS) is 26.2. The molecule has 2 aliphatic heterocycles. The van der Waals surface area contributed by atoms with E-state index in [-0.39, 0.29) is 17.3 Å². The molecule has 0 amide bonds. The zero-order chi connectivity index (χ0) is 18.3. The van der Waals surface area contributed by atoms with Crippen LogP contribution in [-0.2, 0) is 9.47 Å². The fourth-order valence-corrected chi connectivity index (χ4v) is 3.38. The van der Waals surface area contributed by atoms with Gasteiger partial charge in [0.1, 0.15) is 6.10 Å². The lowest BCUT2D eigenvalue weighted by Crippen LogP contribution is -2.39. The van der Waals surface area contributed by atoms with Crippen molar-refractivity contribution in [2.24, 2.45) is 10.8 Å². The molecule has 0 aliphatic carbocycles. The number of rotatable bonds is 3. The third-order valence-corrected chi connectivity index (χ3v) is 4.79. The van der Waals surface area contributed by atoms with Gasteiger partial charge in [-0.25, -0.2) is 4.68 Å². The van der Waals surface area contributed by atoms with Crippen molar-refractivity contribution in [2.45, 2.75) is 31.8 Å². The molecule has 11 heteroatoms. The molecule has 0 spiro atoms. The van der Waals surface area contributed by atoms with E-state index in [0.29, 0.717) is 23.5 Å². The first-order chi connectivity index (χ1) is 12.5. The summed E-state index contributed by atoms with van der Waals surface area (Å²) in [7, 11) is 0. The van der Waals surface area contributed by atoms with E-state index < -0.39 is 6.29 Å². The van der Waals surface area contributed by atoms with Gasteiger partial charge in [0, 0.05) is 6.42 Å². The number of aryl methyl sites for hydroxylation is 1. The number of benzene rings is 1. The molecule has 0 unspecified atom stereocenters. The monoisotopic (exact) mass is 391 g/mol. The second-order valence-corrected chi connectivity index (χ2v) is 6.95. The minimum Gasteiger partial charge on any atom is -0.375 e. The van der Waals surface area contributed by atoms with Crippen molar-refractivity contribution in [2.75, 3.05) is 6.61 Å². The molecule has 2 aliphatic rings. The molecule has 3 atom stereocenters. The van der Waals surface area contributed by atoms with Crippen LogP contribution in [0.1, 0.15) is 18.0 Å². The largest absolute Gasteiger partial charge is 0.375 e. The minimum absolute atomic E-state index is 0.0797. The summed E-state index contributed by atoms with van der Waals surface area (Å²) in [4.78, 5) is 0. The highest BCUT2D eigenvalue weighted by Crippen LogP contribution is 2.33. The maximum Gasteiger partial charge on any atom is 0.221 e. The molecule has 2 aromatic rings. The summed E-state index contributed by atoms with van der Waals surface area (Å²) < 4.78 is 15.3. The van der Waals surface area contributed by atoms with Gasteiger partial charge in [0.05, 0.1) is 24.0 Å². The Morgan fingerprint density at radius 3 is 2.85 bits per heavy atom. The Morgan fingerprint density at radius 2 is 2.12 bits per heavy atom. The standard InChI is InChI=1S/C15H17N7O2S2/c1-8-2-4-9(5-3-8)21-15(26)22(20-19-21)11-6-10(17-18-14(16)25)13-23-7-12(11)24-13/h2-5,11-13H,6-7H2,1H3,(H3,16,18,25)/t11-,12+,13+/m1/s1. The minimum atomic E-state index is -0.501. The summed E-state index contributed by atoms with van der Waals surface area (Å²) in [6.45, 7) is 2.46. The lowest BCUT2D eigenvalue weighted by molar-refractivity contribution is -0.0324. The molecule has 2 saturated heterocycles. The first-order valence-corrected chi connectivity index (χ1v) is 8.85. The molecular weight excluding hydrogens is 374 g/mol. The van der Waals surface area contributed by atoms with Gasteiger partial charge < -0.3 is 15.2 Å². The summed E-state index contributed by atoms with van der Waals surface area (Å²) in [5, 5.41) is 12.7. The number of nitrogens with zero attached hydrogens (tertiary/aromatic N) is 5. The van der Waals surface area contributed by atoms with Crippen molar-refractivity contribution < 1.29 is 9.47 Å². The van der Waals surface area contributed by atoms with Gasteiger partial charge in [-0.1, -0.05) is 17.7 Å². The van der Waals surface area contributed by atoms with Gasteiger partial charge in [0.2, 0.25) is 4.77 Å². The van der Waals surface area contributed by atoms with Crippen LogP contribution in [0, 0.1) is 11.7 Å². The lowest BCUT2D eigenvalue weighted by atomic mass is 10.0. The van der Waals surface area contributed by atoms with E-state index in [2.05, 4.69) is 21.0 Å². The number of aromatic nitrogens is 4. The third kappa shape index (κ3) is 3.14. The van der Waals surface area contributed by atoms with E-state index >= 15 is 0 Å². The molecule has 4 rings (SSSR count). The number of thiocarbonyl (C=S) groups is 1. The number of ether oxygens (including phenoxy) is 2. The molecule has 2 fully saturated rings. The molecule has 1 aromatic carbocycles. The molecule has 136 valence electrons. The molecule has 0 saturated carbocycles. The van der Waals surface area contributed by atoms with Crippen LogP contribution in [0.5, 0.6) is 0 Å². The van der Waals surface area contributed by atoms with Crippen LogP contribution < -0.4 is 11.2 Å². The Morgan fingerprint density at radius 1 is 1.35 bits per heavy atom. The number of hydrogen-bond donors (Lipinski definition) is 2. The first kappa shape index (κ1) is 17.2. The van der Waals surface area contributed by atoms with E-state index in [1.807, 2.05) is 31.2 Å². The molecule has 3 heterocycles. The Hall–Kier alpha value is -2.21. The van der Waals surface area contributed by atoms with E-state index in [4.69, 9.17) is 39.6 Å². The van der Waals surface area contributed by atoms with Gasteiger partial charge in [0.15, 0.2) is 11.4 Å². The van der Waals surface area contributed by atoms with Gasteiger partial charge >= 0.3 is 0 Å². The second kappa shape index (κ2) is 6.83. The van der Waals surface area contributed by atoms with Crippen LogP contribution in [0.3, 0.4) is 0 Å². The van der Waals surface area contributed by atoms with Gasteiger partial charge in [-0.15, -0.1) is 0 Å². The van der Waals surface area contributed by atoms with Crippen LogP contribution in [0.4, 0.5) is 0 Å². The van der Waals surface area contributed by atoms with Crippen LogP contribution in [0.15, 0.2) is 29.4 Å². The van der Waals surface area contributed by atoms with Crippen molar-refractivity contribution in [3.8, 4) is 5.69 Å². The third-order valence-electron chi connectivity index (χ3n) is 4.34. The van der Waals surface area contributed by atoms with Crippen molar-refractivity contribution in [3.63, 3.8) is 0 Å². The van der Waals surface area contributed by atoms with Crippen molar-refractivity contribution in [3.05, 3.63) is 34.6 Å². The highest BCUT2D eigenvalue weighted by atomic mass is 32.1. The Balaban J connectivity index is 1.65. The zero-order valence-corrected chi connectivity index (χ0v) is 15.5. The van der Waals surface area contributed by atoms with Crippen LogP contribution in [0.25, 0.3) is 5.69 Å². The summed E-state index contributed by atoms with van der Waals surface area (Å²) in [5.41, 5.74) is 10.7. The summed E-state index contributed by atoms with van der Waals surface area (Å²) >= 11 is 10.4. The Bertz CT molecular complexity index is 921. The second-order valence-electron chi connectivity index (χ2n) is 6.14. The van der Waals surface area contributed by atoms with E-state index in [9.17, 15) is 0 Å². The highest BCUT2D eigenvalue weighted by Gasteiger charge is 2.44. The van der Waals surface area contributed by atoms with Gasteiger partial charge in [-0.3, -0.25) is 5.43 Å². The summed E-state index contributed by atoms with van der Waals surface area (Å²) in [6, 6.07) is 7.74. The van der Waals surface area contributed by atoms with Crippen LogP contribution >= 0.6 is 24.4 Å². The average Bonchev–Trinajstić information content (AvgIpc) is 3.20. The lowest BCUT2D eigenvalue weighted by Gasteiger charge is -2.27. The Labute approximate surface area is 159 Å². The predicted molar refractivity (Wildman–Crippen MR) is 101 cm³/mol. The van der Waals surface area contributed by atoms with E-state index in [1.165, 1.54) is 0 Å². The summed E-state index contributed by atoms with van der Waals surface area (Å²) in [5.74, 6) is 0. The quantitative estimate of drug-likeness (QED) is 0.589. The number of tetrazole rings is 1. The summed E-state index contributed by atoms with van der Waals surface area (Å²) in [6.07, 6.45) is -0.121. The fraction of sp³-hybridized carbons (Fsp3) is 0.400. The molecule has 0 radical (unpaired) electrons. The number of nitrogens with one attached hydrogen (secondary N) is 1. The number of fused-ring (bicyclic) bond motifs is 2.